The fraction of sp³-hybridized carbons (Fsp3) is 0.662. The van der Waals surface area contributed by atoms with E-state index in [0.29, 0.717) is 19.3 Å². The van der Waals surface area contributed by atoms with E-state index >= 15 is 0 Å². The lowest BCUT2D eigenvalue weighted by molar-refractivity contribution is -0.167. The van der Waals surface area contributed by atoms with Crippen LogP contribution in [0.5, 0.6) is 0 Å². The molecule has 6 heteroatoms. The molecule has 0 fully saturated rings. The first-order valence-electron chi connectivity index (χ1n) is 33.2. The van der Waals surface area contributed by atoms with Gasteiger partial charge in [0.1, 0.15) is 13.2 Å². The highest BCUT2D eigenvalue weighted by Crippen LogP contribution is 2.15. The summed E-state index contributed by atoms with van der Waals surface area (Å²) in [4.78, 5) is 38.4. The summed E-state index contributed by atoms with van der Waals surface area (Å²) in [6.45, 7) is 6.47. The summed E-state index contributed by atoms with van der Waals surface area (Å²) in [6, 6.07) is 0. The zero-order valence-corrected chi connectivity index (χ0v) is 52.0. The molecule has 454 valence electrons. The van der Waals surface area contributed by atoms with Crippen molar-refractivity contribution >= 4 is 17.9 Å². The Morgan fingerprint density at radius 2 is 0.487 bits per heavy atom. The second-order valence-electron chi connectivity index (χ2n) is 21.6. The second kappa shape index (κ2) is 67.1. The Bertz CT molecular complexity index is 1700. The third kappa shape index (κ3) is 64.4. The molecule has 0 heterocycles. The van der Waals surface area contributed by atoms with E-state index < -0.39 is 6.10 Å². The van der Waals surface area contributed by atoms with Gasteiger partial charge in [-0.05, 0) is 141 Å². The first kappa shape index (κ1) is 75.5. The molecule has 1 atom stereocenters. The first-order valence-corrected chi connectivity index (χ1v) is 33.2. The molecule has 0 spiro atoms. The fourth-order valence-electron chi connectivity index (χ4n) is 8.89. The lowest BCUT2D eigenvalue weighted by Gasteiger charge is -2.18. The molecule has 0 bridgehead atoms. The topological polar surface area (TPSA) is 78.9 Å². The van der Waals surface area contributed by atoms with E-state index in [1.807, 2.05) is 0 Å². The number of allylic oxidation sites excluding steroid dienone is 22. The number of ether oxygens (including phenoxy) is 3. The zero-order valence-electron chi connectivity index (χ0n) is 52.0. The van der Waals surface area contributed by atoms with Gasteiger partial charge in [0, 0.05) is 19.3 Å². The van der Waals surface area contributed by atoms with Crippen LogP contribution in [0.15, 0.2) is 134 Å². The highest BCUT2D eigenvalue weighted by molar-refractivity contribution is 5.71. The lowest BCUT2D eigenvalue weighted by Crippen LogP contribution is -2.30. The van der Waals surface area contributed by atoms with Crippen molar-refractivity contribution in [2.45, 2.75) is 303 Å². The summed E-state index contributed by atoms with van der Waals surface area (Å²) in [7, 11) is 0. The van der Waals surface area contributed by atoms with Gasteiger partial charge in [-0.25, -0.2) is 0 Å². The SMILES string of the molecule is CC/C=C\C/C=C\C/C=C\C/C=C\C/C=C\C/C=C\C/C=C\CCCCCCCCCC(=O)OCC(COC(=O)CCCCCCC/C=C\C/C=C\CCCCC)OC(=O)CCCCCCCCC/C=C\C/C=C\CCCCCC. The van der Waals surface area contributed by atoms with Crippen molar-refractivity contribution in [3.8, 4) is 0 Å². The number of carbonyl (C=O) groups is 3. The second-order valence-corrected chi connectivity index (χ2v) is 21.6. The Balaban J connectivity index is 4.39. The van der Waals surface area contributed by atoms with Gasteiger partial charge in [0.05, 0.1) is 0 Å². The first-order chi connectivity index (χ1) is 39.5. The molecular formula is C74H122O6. The average Bonchev–Trinajstić information content (AvgIpc) is 3.46. The third-order valence-electron chi connectivity index (χ3n) is 13.9. The highest BCUT2D eigenvalue weighted by Gasteiger charge is 2.19. The monoisotopic (exact) mass is 1110 g/mol. The minimum absolute atomic E-state index is 0.0948. The van der Waals surface area contributed by atoms with Gasteiger partial charge in [-0.3, -0.25) is 14.4 Å². The molecule has 0 aromatic heterocycles. The van der Waals surface area contributed by atoms with E-state index in [1.165, 1.54) is 109 Å². The van der Waals surface area contributed by atoms with Gasteiger partial charge in [0.2, 0.25) is 0 Å². The summed E-state index contributed by atoms with van der Waals surface area (Å²) in [6.07, 6.45) is 94.5. The van der Waals surface area contributed by atoms with Crippen molar-refractivity contribution in [1.29, 1.82) is 0 Å². The van der Waals surface area contributed by atoms with Gasteiger partial charge in [-0.2, -0.15) is 0 Å². The van der Waals surface area contributed by atoms with Crippen molar-refractivity contribution in [3.05, 3.63) is 134 Å². The van der Waals surface area contributed by atoms with Crippen LogP contribution >= 0.6 is 0 Å². The molecule has 6 nitrogen and oxygen atoms in total. The molecule has 0 aromatic rings. The van der Waals surface area contributed by atoms with Crippen LogP contribution in [0, 0.1) is 0 Å². The van der Waals surface area contributed by atoms with E-state index in [1.54, 1.807) is 0 Å². The molecule has 1 unspecified atom stereocenters. The van der Waals surface area contributed by atoms with Crippen molar-refractivity contribution < 1.29 is 28.6 Å². The molecule has 0 radical (unpaired) electrons. The number of esters is 3. The van der Waals surface area contributed by atoms with E-state index in [2.05, 4.69) is 154 Å². The predicted molar refractivity (Wildman–Crippen MR) is 348 cm³/mol. The predicted octanol–water partition coefficient (Wildman–Crippen LogP) is 22.9. The lowest BCUT2D eigenvalue weighted by atomic mass is 10.1. The molecule has 0 aliphatic rings. The molecule has 80 heavy (non-hydrogen) atoms. The van der Waals surface area contributed by atoms with Crippen molar-refractivity contribution in [3.63, 3.8) is 0 Å². The summed E-state index contributed by atoms with van der Waals surface area (Å²) in [5.41, 5.74) is 0. The van der Waals surface area contributed by atoms with Gasteiger partial charge in [-0.15, -0.1) is 0 Å². The van der Waals surface area contributed by atoms with Crippen molar-refractivity contribution in [2.24, 2.45) is 0 Å². The van der Waals surface area contributed by atoms with Crippen LogP contribution in [0.4, 0.5) is 0 Å². The number of unbranched alkanes of at least 4 members (excludes halogenated alkanes) is 26. The molecule has 0 aromatic carbocycles. The third-order valence-corrected chi connectivity index (χ3v) is 13.9. The van der Waals surface area contributed by atoms with Crippen LogP contribution in [0.25, 0.3) is 0 Å². The van der Waals surface area contributed by atoms with Gasteiger partial charge in [0.25, 0.3) is 0 Å². The normalized spacial score (nSPS) is 13.0. The maximum absolute atomic E-state index is 12.9. The van der Waals surface area contributed by atoms with Crippen LogP contribution in [0.2, 0.25) is 0 Å². The zero-order chi connectivity index (χ0) is 57.8. The average molecular weight is 1110 g/mol. The summed E-state index contributed by atoms with van der Waals surface area (Å²) in [5.74, 6) is -0.922. The quantitative estimate of drug-likeness (QED) is 0.0261. The summed E-state index contributed by atoms with van der Waals surface area (Å²) in [5, 5.41) is 0. The van der Waals surface area contributed by atoms with Gasteiger partial charge in [0.15, 0.2) is 6.10 Å². The molecule has 0 saturated heterocycles. The minimum atomic E-state index is -0.799. The Hall–Kier alpha value is -4.45. The Morgan fingerprint density at radius 1 is 0.263 bits per heavy atom. The van der Waals surface area contributed by atoms with Gasteiger partial charge >= 0.3 is 17.9 Å². The fourth-order valence-corrected chi connectivity index (χ4v) is 8.89. The summed E-state index contributed by atoms with van der Waals surface area (Å²) < 4.78 is 16.9. The Kier molecular flexibility index (Phi) is 63.3. The molecule has 0 aliphatic carbocycles. The molecular weight excluding hydrogens is 985 g/mol. The van der Waals surface area contributed by atoms with E-state index in [0.717, 1.165) is 148 Å². The molecule has 0 N–H and O–H groups in total. The van der Waals surface area contributed by atoms with Crippen LogP contribution in [-0.2, 0) is 28.6 Å². The van der Waals surface area contributed by atoms with Crippen LogP contribution in [0.3, 0.4) is 0 Å². The van der Waals surface area contributed by atoms with Crippen LogP contribution in [0.1, 0.15) is 297 Å². The minimum Gasteiger partial charge on any atom is -0.462 e. The van der Waals surface area contributed by atoms with E-state index in [9.17, 15) is 14.4 Å². The summed E-state index contributed by atoms with van der Waals surface area (Å²) >= 11 is 0. The van der Waals surface area contributed by atoms with Gasteiger partial charge < -0.3 is 14.2 Å². The van der Waals surface area contributed by atoms with Crippen LogP contribution < -0.4 is 0 Å². The largest absolute Gasteiger partial charge is 0.462 e. The van der Waals surface area contributed by atoms with Crippen LogP contribution in [-0.4, -0.2) is 37.2 Å². The molecule has 0 saturated carbocycles. The maximum atomic E-state index is 12.9. The number of rotatable bonds is 59. The van der Waals surface area contributed by atoms with E-state index in [4.69, 9.17) is 14.2 Å². The standard InChI is InChI=1S/C74H122O6/c1-4-7-10-13-16-19-22-25-28-30-32-33-34-35-36-37-38-39-40-41-42-44-46-49-52-55-58-61-64-67-73(76)79-70-71(69-78-72(75)66-63-60-57-54-51-48-45-27-24-21-18-15-12-9-6-3)80-74(77)68-65-62-59-56-53-50-47-43-31-29-26-23-20-17-14-11-8-5-2/h7,10,16,18-21,23,25,27-29,31-33,35-36,38-39,41-42,45,71H,4-6,8-9,11-15,17,22,24,26,30,34,37,40,43-44,46-70H2,1-3H3/b10-7-,19-16-,21-18-,23-20-,28-25-,31-29-,33-32-,36-35-,39-38-,42-41-,45-27-. The maximum Gasteiger partial charge on any atom is 0.306 e. The molecule has 0 amide bonds. The Morgan fingerprint density at radius 3 is 0.787 bits per heavy atom. The van der Waals surface area contributed by atoms with Gasteiger partial charge in [-0.1, -0.05) is 270 Å². The highest BCUT2D eigenvalue weighted by atomic mass is 16.6. The Labute approximate surface area is 494 Å². The van der Waals surface area contributed by atoms with Crippen molar-refractivity contribution in [2.75, 3.05) is 13.2 Å². The smallest absolute Gasteiger partial charge is 0.306 e. The molecule has 0 aliphatic heterocycles. The number of hydrogen-bond donors (Lipinski definition) is 0. The van der Waals surface area contributed by atoms with Crippen molar-refractivity contribution in [1.82, 2.24) is 0 Å². The molecule has 0 rings (SSSR count). The number of carbonyl (C=O) groups excluding carboxylic acids is 3. The van der Waals surface area contributed by atoms with E-state index in [-0.39, 0.29) is 31.1 Å². The number of hydrogen-bond acceptors (Lipinski definition) is 6.